The summed E-state index contributed by atoms with van der Waals surface area (Å²) in [5.74, 6) is -1.80. The molecule has 2 aromatic rings. The molecular weight excluding hydrogens is 296 g/mol. The lowest BCUT2D eigenvalue weighted by molar-refractivity contribution is -0.112. The van der Waals surface area contributed by atoms with Gasteiger partial charge in [0.1, 0.15) is 11.7 Å². The number of hydrogen-bond donors (Lipinski definition) is 1. The van der Waals surface area contributed by atoms with Crippen molar-refractivity contribution in [1.29, 1.82) is 0 Å². The lowest BCUT2D eigenvalue weighted by Crippen LogP contribution is -2.34. The first-order valence-corrected chi connectivity index (χ1v) is 7.32. The molecule has 0 amide bonds. The molecule has 23 heavy (non-hydrogen) atoms. The second-order valence-corrected chi connectivity index (χ2v) is 5.25. The molecule has 1 aliphatic rings. The van der Waals surface area contributed by atoms with Crippen LogP contribution in [0.15, 0.2) is 71.8 Å². The van der Waals surface area contributed by atoms with Crippen molar-refractivity contribution in [1.82, 2.24) is 5.32 Å². The number of ketones is 1. The van der Waals surface area contributed by atoms with Crippen LogP contribution in [0, 0.1) is 0 Å². The predicted molar refractivity (Wildman–Crippen MR) is 86.8 cm³/mol. The number of carbonyl (C=O) groups excluding carboxylic acids is 1. The highest BCUT2D eigenvalue weighted by atomic mass is 19.1. The van der Waals surface area contributed by atoms with Crippen molar-refractivity contribution >= 4 is 17.4 Å². The maximum Gasteiger partial charge on any atom is 0.193 e. The molecule has 1 N–H and O–H groups in total. The van der Waals surface area contributed by atoms with Crippen molar-refractivity contribution in [2.24, 2.45) is 0 Å². The molecule has 1 heterocycles. The van der Waals surface area contributed by atoms with E-state index >= 15 is 0 Å². The van der Waals surface area contributed by atoms with Crippen LogP contribution < -0.4 is 5.32 Å². The summed E-state index contributed by atoms with van der Waals surface area (Å²) in [6.45, 7) is 0.177. The van der Waals surface area contributed by atoms with Crippen LogP contribution in [0.2, 0.25) is 0 Å². The number of Topliss-reactive ketones (excluding diaryl/α,β-unsaturated/α-hetero) is 1. The fourth-order valence-electron chi connectivity index (χ4n) is 2.53. The van der Waals surface area contributed by atoms with Gasteiger partial charge in [-0.05, 0) is 0 Å². The number of carbonyl (C=O) groups is 1. The van der Waals surface area contributed by atoms with Crippen LogP contribution in [0.4, 0.5) is 8.78 Å². The molecule has 1 fully saturated rings. The summed E-state index contributed by atoms with van der Waals surface area (Å²) >= 11 is 0. The van der Waals surface area contributed by atoms with Crippen LogP contribution in [0.5, 0.6) is 0 Å². The Bertz CT molecular complexity index is 714. The third-order valence-corrected chi connectivity index (χ3v) is 3.74. The van der Waals surface area contributed by atoms with Crippen LogP contribution >= 0.6 is 0 Å². The minimum Gasteiger partial charge on any atom is -0.308 e. The van der Waals surface area contributed by atoms with Crippen molar-refractivity contribution in [2.75, 3.05) is 13.1 Å². The lowest BCUT2D eigenvalue weighted by Gasteiger charge is -2.19. The van der Waals surface area contributed by atoms with E-state index in [2.05, 4.69) is 5.32 Å². The summed E-state index contributed by atoms with van der Waals surface area (Å²) < 4.78 is 29.2. The Labute approximate surface area is 133 Å². The minimum atomic E-state index is -0.610. The van der Waals surface area contributed by atoms with Gasteiger partial charge in [-0.15, -0.1) is 0 Å². The number of hydrogen-bond acceptors (Lipinski definition) is 2. The van der Waals surface area contributed by atoms with Crippen LogP contribution in [-0.4, -0.2) is 18.9 Å². The maximum atomic E-state index is 14.6. The van der Waals surface area contributed by atoms with Gasteiger partial charge in [-0.2, -0.15) is 0 Å². The van der Waals surface area contributed by atoms with Gasteiger partial charge in [-0.3, -0.25) is 4.79 Å². The monoisotopic (exact) mass is 311 g/mol. The average molecular weight is 311 g/mol. The molecule has 0 atom stereocenters. The maximum absolute atomic E-state index is 14.6. The zero-order chi connectivity index (χ0) is 16.2. The Morgan fingerprint density at radius 2 is 1.13 bits per heavy atom. The topological polar surface area (TPSA) is 29.1 Å². The van der Waals surface area contributed by atoms with E-state index in [9.17, 15) is 13.6 Å². The minimum absolute atomic E-state index is 0.0384. The Morgan fingerprint density at radius 3 is 1.52 bits per heavy atom. The summed E-state index contributed by atoms with van der Waals surface area (Å²) in [6.07, 6.45) is 0. The third-order valence-electron chi connectivity index (χ3n) is 3.74. The first-order valence-electron chi connectivity index (χ1n) is 7.32. The highest BCUT2D eigenvalue weighted by molar-refractivity contribution is 6.16. The van der Waals surface area contributed by atoms with Crippen molar-refractivity contribution in [3.63, 3.8) is 0 Å². The first kappa shape index (κ1) is 15.3. The molecule has 4 heteroatoms. The zero-order valence-corrected chi connectivity index (χ0v) is 12.4. The number of rotatable bonds is 2. The number of nitrogens with one attached hydrogen (secondary N) is 1. The summed E-state index contributed by atoms with van der Waals surface area (Å²) in [4.78, 5) is 12.5. The summed E-state index contributed by atoms with van der Waals surface area (Å²) in [7, 11) is 0. The highest BCUT2D eigenvalue weighted by Gasteiger charge is 2.27. The molecule has 0 aliphatic carbocycles. The van der Waals surface area contributed by atoms with Gasteiger partial charge < -0.3 is 5.32 Å². The Kier molecular flexibility index (Phi) is 4.44. The number of halogens is 2. The molecule has 3 rings (SSSR count). The zero-order valence-electron chi connectivity index (χ0n) is 12.4. The van der Waals surface area contributed by atoms with E-state index in [0.29, 0.717) is 11.1 Å². The standard InChI is InChI=1S/C19H15F2NO/c20-17(13-7-3-1-4-8-13)15-11-22-12-16(19(15)23)18(21)14-9-5-2-6-10-14/h1-10,22H,11-12H2/b17-15-,18-16-. The van der Waals surface area contributed by atoms with Crippen molar-refractivity contribution in [2.45, 2.75) is 0 Å². The van der Waals surface area contributed by atoms with E-state index in [0.717, 1.165) is 0 Å². The van der Waals surface area contributed by atoms with Gasteiger partial charge in [-0.25, -0.2) is 8.78 Å². The fraction of sp³-hybridized carbons (Fsp3) is 0.105. The van der Waals surface area contributed by atoms with Crippen molar-refractivity contribution in [3.8, 4) is 0 Å². The first-order chi connectivity index (χ1) is 11.2. The Morgan fingerprint density at radius 1 is 0.739 bits per heavy atom. The van der Waals surface area contributed by atoms with Gasteiger partial charge in [0.05, 0.1) is 11.1 Å². The Balaban J connectivity index is 2.02. The lowest BCUT2D eigenvalue weighted by atomic mass is 9.94. The van der Waals surface area contributed by atoms with Gasteiger partial charge in [-0.1, -0.05) is 60.7 Å². The van der Waals surface area contributed by atoms with Crippen LogP contribution in [-0.2, 0) is 4.79 Å². The average Bonchev–Trinajstić information content (AvgIpc) is 2.62. The largest absolute Gasteiger partial charge is 0.308 e. The van der Waals surface area contributed by atoms with E-state index in [4.69, 9.17) is 0 Å². The number of benzene rings is 2. The van der Waals surface area contributed by atoms with Gasteiger partial charge >= 0.3 is 0 Å². The van der Waals surface area contributed by atoms with E-state index < -0.39 is 17.4 Å². The molecule has 0 spiro atoms. The molecule has 116 valence electrons. The smallest absolute Gasteiger partial charge is 0.193 e. The summed E-state index contributed by atoms with van der Waals surface area (Å²) in [5, 5.41) is 2.90. The van der Waals surface area contributed by atoms with E-state index in [1.165, 1.54) is 0 Å². The predicted octanol–water partition coefficient (Wildman–Crippen LogP) is 3.92. The quantitative estimate of drug-likeness (QED) is 0.852. The van der Waals surface area contributed by atoms with Crippen molar-refractivity contribution < 1.29 is 13.6 Å². The summed E-state index contributed by atoms with van der Waals surface area (Å²) in [5.41, 5.74) is 0.560. The molecule has 1 aliphatic heterocycles. The van der Waals surface area contributed by atoms with Crippen LogP contribution in [0.3, 0.4) is 0 Å². The molecular formula is C19H15F2NO. The van der Waals surface area contributed by atoms with Crippen LogP contribution in [0.1, 0.15) is 11.1 Å². The molecule has 1 saturated heterocycles. The number of piperidine rings is 1. The molecule has 0 aromatic heterocycles. The molecule has 2 aromatic carbocycles. The summed E-state index contributed by atoms with van der Waals surface area (Å²) in [6, 6.07) is 16.6. The third kappa shape index (κ3) is 3.12. The van der Waals surface area contributed by atoms with Gasteiger partial charge in [0.2, 0.25) is 0 Å². The molecule has 0 unspecified atom stereocenters. The van der Waals surface area contributed by atoms with Gasteiger partial charge in [0.15, 0.2) is 5.78 Å². The molecule has 0 saturated carbocycles. The molecule has 2 nitrogen and oxygen atoms in total. The molecule has 0 bridgehead atoms. The van der Waals surface area contributed by atoms with Gasteiger partial charge in [0, 0.05) is 24.2 Å². The van der Waals surface area contributed by atoms with E-state index in [1.807, 2.05) is 0 Å². The fourth-order valence-corrected chi connectivity index (χ4v) is 2.53. The molecule has 0 radical (unpaired) electrons. The van der Waals surface area contributed by atoms with E-state index in [1.54, 1.807) is 60.7 Å². The van der Waals surface area contributed by atoms with Crippen LogP contribution in [0.25, 0.3) is 11.7 Å². The highest BCUT2D eigenvalue weighted by Crippen LogP contribution is 2.28. The normalized spacial score (nSPS) is 19.5. The van der Waals surface area contributed by atoms with Gasteiger partial charge in [0.25, 0.3) is 0 Å². The Hall–Kier alpha value is -2.59. The van der Waals surface area contributed by atoms with E-state index in [-0.39, 0.29) is 24.2 Å². The van der Waals surface area contributed by atoms with Crippen molar-refractivity contribution in [3.05, 3.63) is 82.9 Å². The SMILES string of the molecule is O=C1/C(=C(\F)c2ccccc2)CNC/C1=C(/F)c1ccccc1. The second-order valence-electron chi connectivity index (χ2n) is 5.25. The second kappa shape index (κ2) is 6.67.